The van der Waals surface area contributed by atoms with Crippen LogP contribution in [0.3, 0.4) is 0 Å². The van der Waals surface area contributed by atoms with Crippen LogP contribution in [-0.4, -0.2) is 66.6 Å². The van der Waals surface area contributed by atoms with Gasteiger partial charge >= 0.3 is 0 Å². The summed E-state index contributed by atoms with van der Waals surface area (Å²) in [4.78, 5) is 28.4. The van der Waals surface area contributed by atoms with Gasteiger partial charge in [0.15, 0.2) is 5.76 Å². The molecule has 0 radical (unpaired) electrons. The van der Waals surface area contributed by atoms with Gasteiger partial charge in [-0.2, -0.15) is 0 Å². The number of ketones is 1. The van der Waals surface area contributed by atoms with Crippen molar-refractivity contribution in [2.45, 2.75) is 19.9 Å². The minimum atomic E-state index is -0.462. The van der Waals surface area contributed by atoms with Gasteiger partial charge in [0.1, 0.15) is 18.2 Å². The number of ether oxygens (including phenoxy) is 3. The number of morpholine rings is 1. The molecule has 2 aromatic carbocycles. The SMILES string of the molecule is Cc1c2c(cc3c1O/C(=C\c1cccc([N+](=O)[O-])c1)C3=O)CN(CCCN1CCOCC1)CO2. The third-order valence-corrected chi connectivity index (χ3v) is 6.43. The number of nitrogens with zero attached hydrogens (tertiary/aromatic N) is 3. The molecule has 1 saturated heterocycles. The highest BCUT2D eigenvalue weighted by molar-refractivity contribution is 6.15. The average molecular weight is 466 g/mol. The van der Waals surface area contributed by atoms with Gasteiger partial charge < -0.3 is 14.2 Å². The number of Topliss-reactive ketones (excluding diaryl/α,β-unsaturated/α-hetero) is 1. The van der Waals surface area contributed by atoms with Crippen LogP contribution in [0.4, 0.5) is 5.69 Å². The van der Waals surface area contributed by atoms with Crippen molar-refractivity contribution in [2.24, 2.45) is 0 Å². The van der Waals surface area contributed by atoms with E-state index in [1.54, 1.807) is 18.2 Å². The summed E-state index contributed by atoms with van der Waals surface area (Å²) in [5.41, 5.74) is 2.78. The molecule has 0 saturated carbocycles. The van der Waals surface area contributed by atoms with Gasteiger partial charge in [0.2, 0.25) is 5.78 Å². The number of carbonyl (C=O) groups excluding carboxylic acids is 1. The van der Waals surface area contributed by atoms with Crippen molar-refractivity contribution in [3.63, 3.8) is 0 Å². The van der Waals surface area contributed by atoms with Crippen molar-refractivity contribution in [1.82, 2.24) is 9.80 Å². The maximum absolute atomic E-state index is 13.1. The number of rotatable bonds is 6. The Morgan fingerprint density at radius 2 is 1.91 bits per heavy atom. The molecule has 0 amide bonds. The van der Waals surface area contributed by atoms with Crippen LogP contribution in [0.15, 0.2) is 36.1 Å². The number of fused-ring (bicyclic) bond motifs is 2. The van der Waals surface area contributed by atoms with Crippen molar-refractivity contribution in [3.8, 4) is 11.5 Å². The fourth-order valence-electron chi connectivity index (χ4n) is 4.66. The predicted octanol–water partition coefficient (Wildman–Crippen LogP) is 3.39. The number of non-ortho nitro benzene ring substituents is 1. The standard InChI is InChI=1S/C25H27N3O6/c1-17-24-19(15-27(16-33-24)7-3-6-26-8-10-32-11-9-26)14-21-23(29)22(34-25(17)21)13-18-4-2-5-20(12-18)28(30)31/h2,4-5,12-14H,3,6-11,15-16H2,1H3/b22-13-. The molecule has 9 nitrogen and oxygen atoms in total. The molecular weight excluding hydrogens is 438 g/mol. The lowest BCUT2D eigenvalue weighted by Crippen LogP contribution is -2.39. The first-order valence-corrected chi connectivity index (χ1v) is 11.5. The van der Waals surface area contributed by atoms with E-state index >= 15 is 0 Å². The molecule has 5 rings (SSSR count). The molecule has 0 aliphatic carbocycles. The van der Waals surface area contributed by atoms with Gasteiger partial charge in [-0.1, -0.05) is 12.1 Å². The highest BCUT2D eigenvalue weighted by Gasteiger charge is 2.33. The Hall–Kier alpha value is -3.27. The molecular formula is C25H27N3O6. The topological polar surface area (TPSA) is 94.4 Å². The van der Waals surface area contributed by atoms with E-state index in [0.29, 0.717) is 30.2 Å². The molecule has 9 heteroatoms. The molecule has 0 atom stereocenters. The van der Waals surface area contributed by atoms with Crippen molar-refractivity contribution in [2.75, 3.05) is 46.1 Å². The van der Waals surface area contributed by atoms with E-state index in [0.717, 1.165) is 62.7 Å². The zero-order chi connectivity index (χ0) is 23.7. The van der Waals surface area contributed by atoms with E-state index in [1.807, 2.05) is 13.0 Å². The number of benzene rings is 2. The van der Waals surface area contributed by atoms with E-state index in [1.165, 1.54) is 12.1 Å². The first-order valence-electron chi connectivity index (χ1n) is 11.5. The number of carbonyl (C=O) groups is 1. The normalized spacial score (nSPS) is 19.4. The maximum atomic E-state index is 13.1. The molecule has 0 unspecified atom stereocenters. The van der Waals surface area contributed by atoms with Gasteiger partial charge in [0.05, 0.1) is 23.7 Å². The Bertz CT molecular complexity index is 1160. The summed E-state index contributed by atoms with van der Waals surface area (Å²) < 4.78 is 17.4. The molecule has 0 spiro atoms. The maximum Gasteiger partial charge on any atom is 0.270 e. The third-order valence-electron chi connectivity index (χ3n) is 6.43. The molecule has 0 bridgehead atoms. The van der Waals surface area contributed by atoms with Crippen LogP contribution >= 0.6 is 0 Å². The molecule has 178 valence electrons. The van der Waals surface area contributed by atoms with Gasteiger partial charge in [-0.05, 0) is 37.6 Å². The first-order chi connectivity index (χ1) is 16.5. The molecule has 1 fully saturated rings. The summed E-state index contributed by atoms with van der Waals surface area (Å²) in [5.74, 6) is 1.20. The molecule has 3 aliphatic rings. The number of allylic oxidation sites excluding steroid dienone is 1. The number of hydrogen-bond acceptors (Lipinski definition) is 8. The Morgan fingerprint density at radius 3 is 2.71 bits per heavy atom. The minimum Gasteiger partial charge on any atom is -0.477 e. The van der Waals surface area contributed by atoms with E-state index in [2.05, 4.69) is 9.80 Å². The van der Waals surface area contributed by atoms with Gasteiger partial charge in [-0.15, -0.1) is 0 Å². The zero-order valence-electron chi connectivity index (χ0n) is 19.1. The summed E-state index contributed by atoms with van der Waals surface area (Å²) in [6, 6.07) is 7.99. The summed E-state index contributed by atoms with van der Waals surface area (Å²) in [6.07, 6.45) is 2.59. The molecule has 2 aromatic rings. The Labute approximate surface area is 197 Å². The van der Waals surface area contributed by atoms with Gasteiger partial charge in [-0.3, -0.25) is 24.7 Å². The van der Waals surface area contributed by atoms with Crippen LogP contribution in [0.2, 0.25) is 0 Å². The Kier molecular flexibility index (Phi) is 6.32. The van der Waals surface area contributed by atoms with E-state index in [9.17, 15) is 14.9 Å². The predicted molar refractivity (Wildman–Crippen MR) is 125 cm³/mol. The van der Waals surface area contributed by atoms with E-state index in [4.69, 9.17) is 14.2 Å². The van der Waals surface area contributed by atoms with Crippen molar-refractivity contribution in [3.05, 3.63) is 68.5 Å². The largest absolute Gasteiger partial charge is 0.477 e. The number of nitro benzene ring substituents is 1. The first kappa shape index (κ1) is 22.5. The van der Waals surface area contributed by atoms with Crippen molar-refractivity contribution < 1.29 is 23.9 Å². The van der Waals surface area contributed by atoms with Crippen LogP contribution in [-0.2, 0) is 11.3 Å². The Morgan fingerprint density at radius 1 is 1.12 bits per heavy atom. The molecule has 34 heavy (non-hydrogen) atoms. The zero-order valence-corrected chi connectivity index (χ0v) is 19.1. The summed E-state index contributed by atoms with van der Waals surface area (Å²) in [5, 5.41) is 11.1. The molecule has 0 aromatic heterocycles. The molecule has 3 aliphatic heterocycles. The quantitative estimate of drug-likeness (QED) is 0.364. The van der Waals surface area contributed by atoms with Gasteiger partial charge in [0.25, 0.3) is 5.69 Å². The lowest BCUT2D eigenvalue weighted by atomic mass is 10.00. The van der Waals surface area contributed by atoms with Crippen LogP contribution in [0.1, 0.15) is 33.5 Å². The Balaban J connectivity index is 1.30. The number of hydrogen-bond donors (Lipinski definition) is 0. The highest BCUT2D eigenvalue weighted by atomic mass is 16.6. The van der Waals surface area contributed by atoms with Gasteiger partial charge in [0, 0.05) is 49.4 Å². The fraction of sp³-hybridized carbons (Fsp3) is 0.400. The fourth-order valence-corrected chi connectivity index (χ4v) is 4.66. The van der Waals surface area contributed by atoms with Crippen LogP contribution in [0.5, 0.6) is 11.5 Å². The average Bonchev–Trinajstić information content (AvgIpc) is 3.15. The number of nitro groups is 1. The summed E-state index contributed by atoms with van der Waals surface area (Å²) in [6.45, 7) is 8.64. The van der Waals surface area contributed by atoms with Crippen LogP contribution in [0.25, 0.3) is 6.08 Å². The lowest BCUT2D eigenvalue weighted by molar-refractivity contribution is -0.384. The summed E-state index contributed by atoms with van der Waals surface area (Å²) in [7, 11) is 0. The van der Waals surface area contributed by atoms with Crippen LogP contribution in [0, 0.1) is 17.0 Å². The highest BCUT2D eigenvalue weighted by Crippen LogP contribution is 2.43. The second-order valence-electron chi connectivity index (χ2n) is 8.79. The summed E-state index contributed by atoms with van der Waals surface area (Å²) >= 11 is 0. The second-order valence-corrected chi connectivity index (χ2v) is 8.79. The van der Waals surface area contributed by atoms with Crippen molar-refractivity contribution >= 4 is 17.5 Å². The smallest absolute Gasteiger partial charge is 0.270 e. The van der Waals surface area contributed by atoms with E-state index in [-0.39, 0.29) is 17.2 Å². The third kappa shape index (κ3) is 4.54. The van der Waals surface area contributed by atoms with Crippen LogP contribution < -0.4 is 9.47 Å². The molecule has 3 heterocycles. The van der Waals surface area contributed by atoms with E-state index < -0.39 is 4.92 Å². The monoisotopic (exact) mass is 465 g/mol. The van der Waals surface area contributed by atoms with Crippen molar-refractivity contribution in [1.29, 1.82) is 0 Å². The van der Waals surface area contributed by atoms with Gasteiger partial charge in [-0.25, -0.2) is 0 Å². The lowest BCUT2D eigenvalue weighted by Gasteiger charge is -2.31. The minimum absolute atomic E-state index is 0.0360. The second kappa shape index (κ2) is 9.54. The molecule has 0 N–H and O–H groups in total.